The van der Waals surface area contributed by atoms with Gasteiger partial charge in [0.2, 0.25) is 0 Å². The van der Waals surface area contributed by atoms with Crippen molar-refractivity contribution in [2.45, 2.75) is 0 Å². The molecule has 0 aliphatic heterocycles. The molecule has 58 valence electrons. The fourth-order valence-corrected chi connectivity index (χ4v) is 0.856. The van der Waals surface area contributed by atoms with E-state index in [1.807, 2.05) is 0 Å². The monoisotopic (exact) mass is 179 g/mol. The maximum Gasteiger partial charge on any atom is 0.476 e. The molecule has 0 atom stereocenters. The van der Waals surface area contributed by atoms with E-state index in [1.165, 1.54) is 0 Å². The second-order valence-corrected chi connectivity index (χ2v) is 2.96. The summed E-state index contributed by atoms with van der Waals surface area (Å²) in [5.74, 6) is 0. The van der Waals surface area contributed by atoms with Crippen molar-refractivity contribution in [3.63, 3.8) is 0 Å². The van der Waals surface area contributed by atoms with Crippen molar-refractivity contribution in [2.24, 2.45) is 0 Å². The lowest BCUT2D eigenvalue weighted by Gasteiger charge is -2.02. The standard InChI is InChI=1S/H3N.H4O6P2/c;1-7(2)6-8(3,4)5/h1H3;1-2H,(H2,3,4,5). The zero-order valence-corrected chi connectivity index (χ0v) is 6.00. The second-order valence-electron chi connectivity index (χ2n) is 0.825. The summed E-state index contributed by atoms with van der Waals surface area (Å²) in [7, 11) is -7.64. The van der Waals surface area contributed by atoms with Gasteiger partial charge in [-0.2, -0.15) is 0 Å². The van der Waals surface area contributed by atoms with Crippen LogP contribution in [-0.2, 0) is 8.88 Å². The highest BCUT2D eigenvalue weighted by atomic mass is 31.3. The van der Waals surface area contributed by atoms with Crippen LogP contribution in [0.1, 0.15) is 0 Å². The van der Waals surface area contributed by atoms with Crippen molar-refractivity contribution in [2.75, 3.05) is 0 Å². The first-order chi connectivity index (χ1) is 3.42. The summed E-state index contributed by atoms with van der Waals surface area (Å²) in [6.07, 6.45) is 0. The van der Waals surface area contributed by atoms with Crippen molar-refractivity contribution in [1.82, 2.24) is 6.15 Å². The Balaban J connectivity index is 0. The molecule has 7 nitrogen and oxygen atoms in total. The van der Waals surface area contributed by atoms with Crippen molar-refractivity contribution >= 4 is 16.4 Å². The highest BCUT2D eigenvalue weighted by Crippen LogP contribution is 2.48. The summed E-state index contributed by atoms with van der Waals surface area (Å²) < 4.78 is 12.9. The van der Waals surface area contributed by atoms with E-state index in [1.54, 1.807) is 0 Å². The molecule has 0 fully saturated rings. The third-order valence-corrected chi connectivity index (χ3v) is 1.61. The van der Waals surface area contributed by atoms with Crippen molar-refractivity contribution in [3.8, 4) is 0 Å². The first-order valence-corrected chi connectivity index (χ1v) is 4.04. The molecule has 0 aliphatic rings. The number of hydrogen-bond donors (Lipinski definition) is 5. The Kier molecular flexibility index (Phi) is 5.75. The Labute approximate surface area is 52.1 Å². The fraction of sp³-hybridized carbons (Fsp3) is 0. The largest absolute Gasteiger partial charge is 0.476 e. The SMILES string of the molecule is N.O=P(O)(O)OP(O)O. The smallest absolute Gasteiger partial charge is 0.344 e. The molecule has 9 heavy (non-hydrogen) atoms. The quantitative estimate of drug-likeness (QED) is 0.358. The maximum atomic E-state index is 9.61. The maximum absolute atomic E-state index is 9.61. The normalized spacial score (nSPS) is 11.2. The van der Waals surface area contributed by atoms with Crippen molar-refractivity contribution in [1.29, 1.82) is 0 Å². The molecule has 9 heteroatoms. The molecule has 7 N–H and O–H groups in total. The van der Waals surface area contributed by atoms with Gasteiger partial charge in [-0.05, 0) is 0 Å². The molecule has 0 bridgehead atoms. The highest BCUT2D eigenvalue weighted by molar-refractivity contribution is 7.57. The average molecular weight is 179 g/mol. The molecular formula is H7NO6P2. The van der Waals surface area contributed by atoms with Crippen LogP contribution in [0.2, 0.25) is 0 Å². The van der Waals surface area contributed by atoms with E-state index in [9.17, 15) is 4.57 Å². The highest BCUT2D eigenvalue weighted by Gasteiger charge is 2.19. The molecule has 0 aromatic heterocycles. The van der Waals surface area contributed by atoms with Gasteiger partial charge in [0.15, 0.2) is 0 Å². The molecule has 0 aromatic rings. The van der Waals surface area contributed by atoms with Crippen LogP contribution in [0.25, 0.3) is 0 Å². The van der Waals surface area contributed by atoms with E-state index in [0.29, 0.717) is 0 Å². The minimum atomic E-state index is -4.69. The van der Waals surface area contributed by atoms with E-state index in [2.05, 4.69) is 4.31 Å². The first-order valence-electron chi connectivity index (χ1n) is 1.35. The second kappa shape index (κ2) is 4.27. The summed E-state index contributed by atoms with van der Waals surface area (Å²) in [4.78, 5) is 31.1. The van der Waals surface area contributed by atoms with Gasteiger partial charge >= 0.3 is 16.4 Å². The lowest BCUT2D eigenvalue weighted by atomic mass is 14.0. The van der Waals surface area contributed by atoms with E-state index >= 15 is 0 Å². The lowest BCUT2D eigenvalue weighted by molar-refractivity contribution is 0.261. The Hall–Kier alpha value is 0.420. The Morgan fingerprint density at radius 3 is 1.67 bits per heavy atom. The molecule has 0 saturated heterocycles. The molecule has 0 saturated carbocycles. The van der Waals surface area contributed by atoms with Gasteiger partial charge in [-0.3, -0.25) is 0 Å². The van der Waals surface area contributed by atoms with Gasteiger partial charge < -0.3 is 25.7 Å². The van der Waals surface area contributed by atoms with Gasteiger partial charge in [-0.15, -0.1) is 0 Å². The van der Waals surface area contributed by atoms with Crippen molar-refractivity contribution in [3.05, 3.63) is 0 Å². The van der Waals surface area contributed by atoms with Crippen molar-refractivity contribution < 1.29 is 28.4 Å². The van der Waals surface area contributed by atoms with Gasteiger partial charge in [0, 0.05) is 0 Å². The van der Waals surface area contributed by atoms with Crippen LogP contribution in [0.15, 0.2) is 0 Å². The van der Waals surface area contributed by atoms with Crippen LogP contribution >= 0.6 is 16.4 Å². The zero-order chi connectivity index (χ0) is 6.78. The van der Waals surface area contributed by atoms with Gasteiger partial charge in [0.05, 0.1) is 0 Å². The molecule has 0 amide bonds. The van der Waals surface area contributed by atoms with Crippen LogP contribution in [0.4, 0.5) is 0 Å². The van der Waals surface area contributed by atoms with Gasteiger partial charge in [0.1, 0.15) is 0 Å². The molecule has 0 rings (SSSR count). The van der Waals surface area contributed by atoms with Gasteiger partial charge in [-0.25, -0.2) is 8.88 Å². The number of phosphoric acid groups is 1. The summed E-state index contributed by atoms with van der Waals surface area (Å²) in [6.45, 7) is 0. The Bertz CT molecular complexity index is 104. The molecule has 0 aliphatic carbocycles. The third-order valence-electron chi connectivity index (χ3n) is 0.179. The van der Waals surface area contributed by atoms with Crippen LogP contribution in [0, 0.1) is 0 Å². The summed E-state index contributed by atoms with van der Waals surface area (Å²) in [6, 6.07) is 0. The third kappa shape index (κ3) is 11.8. The predicted molar refractivity (Wildman–Crippen MR) is 29.5 cm³/mol. The van der Waals surface area contributed by atoms with Crippen LogP contribution in [-0.4, -0.2) is 19.6 Å². The average Bonchev–Trinajstić information content (AvgIpc) is 1.21. The number of rotatable bonds is 2. The summed E-state index contributed by atoms with van der Waals surface area (Å²) in [5, 5.41) is 0. The molecule has 0 unspecified atom stereocenters. The van der Waals surface area contributed by atoms with Gasteiger partial charge in [0.25, 0.3) is 0 Å². The minimum absolute atomic E-state index is 0. The van der Waals surface area contributed by atoms with Gasteiger partial charge in [-0.1, -0.05) is 0 Å². The van der Waals surface area contributed by atoms with Crippen LogP contribution < -0.4 is 6.15 Å². The molecule has 0 spiro atoms. The van der Waals surface area contributed by atoms with E-state index in [-0.39, 0.29) is 6.15 Å². The van der Waals surface area contributed by atoms with Crippen LogP contribution in [0.5, 0.6) is 0 Å². The fourth-order valence-electron chi connectivity index (χ4n) is 0.0951. The van der Waals surface area contributed by atoms with Crippen LogP contribution in [0.3, 0.4) is 0 Å². The zero-order valence-electron chi connectivity index (χ0n) is 4.21. The molecular weight excluding hydrogens is 172 g/mol. The summed E-state index contributed by atoms with van der Waals surface area (Å²) in [5.41, 5.74) is 0. The Morgan fingerprint density at radius 2 is 1.67 bits per heavy atom. The number of hydrogen-bond acceptors (Lipinski definition) is 5. The topological polar surface area (TPSA) is 142 Å². The minimum Gasteiger partial charge on any atom is -0.344 e. The van der Waals surface area contributed by atoms with E-state index < -0.39 is 16.4 Å². The molecule has 0 aromatic carbocycles. The van der Waals surface area contributed by atoms with E-state index in [0.717, 1.165) is 0 Å². The summed E-state index contributed by atoms with van der Waals surface area (Å²) >= 11 is 0. The molecule has 0 heterocycles. The first kappa shape index (κ1) is 12.1. The Morgan fingerprint density at radius 1 is 1.33 bits per heavy atom. The van der Waals surface area contributed by atoms with E-state index in [4.69, 9.17) is 19.6 Å². The predicted octanol–water partition coefficient (Wildman–Crippen LogP) is -0.531. The lowest BCUT2D eigenvalue weighted by Crippen LogP contribution is -1.79. The molecule has 0 radical (unpaired) electrons.